The number of rotatable bonds is 6. The van der Waals surface area contributed by atoms with Crippen LogP contribution in [0.15, 0.2) is 28.8 Å². The first-order valence-electron chi connectivity index (χ1n) is 7.64. The van der Waals surface area contributed by atoms with Crippen LogP contribution in [0, 0.1) is 5.82 Å². The zero-order valence-electron chi connectivity index (χ0n) is 13.2. The molecule has 10 heteroatoms. The molecule has 0 saturated heterocycles. The molecule has 1 atom stereocenters. The molecular formula is C15H16F3N3O3S. The lowest BCUT2D eigenvalue weighted by molar-refractivity contribution is 0.106. The Morgan fingerprint density at radius 2 is 1.88 bits per heavy atom. The molecule has 2 aromatic rings. The summed E-state index contributed by atoms with van der Waals surface area (Å²) in [7, 11) is -3.89. The van der Waals surface area contributed by atoms with Gasteiger partial charge in [-0.15, -0.1) is 0 Å². The van der Waals surface area contributed by atoms with Gasteiger partial charge in [0.15, 0.2) is 5.82 Å². The van der Waals surface area contributed by atoms with Crippen LogP contribution in [0.2, 0.25) is 0 Å². The first-order valence-corrected chi connectivity index (χ1v) is 9.19. The van der Waals surface area contributed by atoms with Crippen LogP contribution in [0.3, 0.4) is 0 Å². The number of hydrogen-bond acceptors (Lipinski definition) is 5. The number of hydrogen-bond donors (Lipinski definition) is 1. The minimum absolute atomic E-state index is 0.0936. The van der Waals surface area contributed by atoms with Crippen molar-refractivity contribution in [2.75, 3.05) is 0 Å². The van der Waals surface area contributed by atoms with E-state index in [9.17, 15) is 21.6 Å². The lowest BCUT2D eigenvalue weighted by Gasteiger charge is -2.39. The fourth-order valence-electron chi connectivity index (χ4n) is 2.69. The van der Waals surface area contributed by atoms with Crippen molar-refractivity contribution < 1.29 is 26.1 Å². The quantitative estimate of drug-likeness (QED) is 0.838. The van der Waals surface area contributed by atoms with Crippen LogP contribution >= 0.6 is 0 Å². The predicted molar refractivity (Wildman–Crippen MR) is 81.7 cm³/mol. The van der Waals surface area contributed by atoms with Gasteiger partial charge in [0.2, 0.25) is 10.0 Å². The maximum absolute atomic E-state index is 13.0. The number of alkyl halides is 2. The van der Waals surface area contributed by atoms with Gasteiger partial charge in [0.25, 0.3) is 5.89 Å². The Morgan fingerprint density at radius 3 is 2.36 bits per heavy atom. The molecule has 1 aromatic heterocycles. The van der Waals surface area contributed by atoms with Crippen molar-refractivity contribution >= 4 is 10.0 Å². The van der Waals surface area contributed by atoms with E-state index in [0.29, 0.717) is 24.8 Å². The monoisotopic (exact) mass is 375 g/mol. The molecule has 1 saturated carbocycles. The number of aromatic nitrogens is 2. The highest BCUT2D eigenvalue weighted by Crippen LogP contribution is 2.42. The van der Waals surface area contributed by atoms with E-state index in [0.717, 1.165) is 0 Å². The summed E-state index contributed by atoms with van der Waals surface area (Å²) in [4.78, 5) is 3.63. The molecule has 1 fully saturated rings. The van der Waals surface area contributed by atoms with Crippen molar-refractivity contribution in [2.24, 2.45) is 0 Å². The number of benzene rings is 1. The Balaban J connectivity index is 1.85. The van der Waals surface area contributed by atoms with Gasteiger partial charge >= 0.3 is 6.43 Å². The Morgan fingerprint density at radius 1 is 1.24 bits per heavy atom. The minimum atomic E-state index is -3.89. The third-order valence-electron chi connectivity index (χ3n) is 4.41. The summed E-state index contributed by atoms with van der Waals surface area (Å²) in [5.41, 5.74) is -0.742. The SMILES string of the molecule is CC(c1ccc(F)cc1)S(=O)(=O)NC1(c2noc(C(F)F)n2)CCC1. The number of nitrogens with zero attached hydrogens (tertiary/aromatic N) is 2. The molecule has 1 aromatic carbocycles. The van der Waals surface area contributed by atoms with E-state index in [1.807, 2.05) is 0 Å². The summed E-state index contributed by atoms with van der Waals surface area (Å²) in [6.07, 6.45) is -1.46. The third-order valence-corrected chi connectivity index (χ3v) is 6.28. The molecule has 0 radical (unpaired) electrons. The van der Waals surface area contributed by atoms with Crippen molar-refractivity contribution in [1.82, 2.24) is 14.9 Å². The maximum atomic E-state index is 13.0. The molecule has 1 unspecified atom stereocenters. The van der Waals surface area contributed by atoms with Crippen molar-refractivity contribution in [3.63, 3.8) is 0 Å². The van der Waals surface area contributed by atoms with E-state index in [-0.39, 0.29) is 5.82 Å². The van der Waals surface area contributed by atoms with E-state index in [1.165, 1.54) is 31.2 Å². The van der Waals surface area contributed by atoms with Gasteiger partial charge < -0.3 is 4.52 Å². The molecule has 1 aliphatic rings. The van der Waals surface area contributed by atoms with Crippen molar-refractivity contribution in [1.29, 1.82) is 0 Å². The first kappa shape index (κ1) is 17.9. The zero-order valence-corrected chi connectivity index (χ0v) is 14.1. The highest BCUT2D eigenvalue weighted by molar-refractivity contribution is 7.89. The van der Waals surface area contributed by atoms with Gasteiger partial charge in [-0.05, 0) is 43.9 Å². The molecule has 1 N–H and O–H groups in total. The molecule has 0 aliphatic heterocycles. The van der Waals surface area contributed by atoms with E-state index in [2.05, 4.69) is 19.4 Å². The van der Waals surface area contributed by atoms with E-state index in [4.69, 9.17) is 0 Å². The number of nitrogens with one attached hydrogen (secondary N) is 1. The van der Waals surface area contributed by atoms with Gasteiger partial charge in [-0.1, -0.05) is 17.3 Å². The van der Waals surface area contributed by atoms with E-state index in [1.54, 1.807) is 0 Å². The summed E-state index contributed by atoms with van der Waals surface area (Å²) in [5, 5.41) is 2.55. The first-order chi connectivity index (χ1) is 11.7. The second-order valence-electron chi connectivity index (χ2n) is 6.03. The van der Waals surface area contributed by atoms with Gasteiger partial charge in [0.1, 0.15) is 5.82 Å². The molecule has 25 heavy (non-hydrogen) atoms. The molecule has 0 amide bonds. The Labute approximate surface area is 142 Å². The van der Waals surface area contributed by atoms with Gasteiger partial charge in [0.05, 0.1) is 10.8 Å². The molecule has 6 nitrogen and oxygen atoms in total. The Hall–Kier alpha value is -1.94. The molecule has 136 valence electrons. The highest BCUT2D eigenvalue weighted by Gasteiger charge is 2.47. The van der Waals surface area contributed by atoms with Crippen LogP contribution in [0.25, 0.3) is 0 Å². The van der Waals surface area contributed by atoms with Crippen LogP contribution in [-0.4, -0.2) is 18.6 Å². The van der Waals surface area contributed by atoms with Crippen LogP contribution in [-0.2, 0) is 15.6 Å². The Kier molecular flexibility index (Phi) is 4.58. The second-order valence-corrected chi connectivity index (χ2v) is 8.03. The third kappa shape index (κ3) is 3.40. The predicted octanol–water partition coefficient (Wildman–Crippen LogP) is 3.21. The van der Waals surface area contributed by atoms with Gasteiger partial charge in [0, 0.05) is 0 Å². The number of halogens is 3. The smallest absolute Gasteiger partial charge is 0.315 e. The molecule has 0 bridgehead atoms. The summed E-state index contributed by atoms with van der Waals surface area (Å²) in [6.45, 7) is 1.46. The molecule has 3 rings (SSSR count). The minimum Gasteiger partial charge on any atom is -0.333 e. The van der Waals surface area contributed by atoms with Gasteiger partial charge in [-0.25, -0.2) is 17.5 Å². The highest BCUT2D eigenvalue weighted by atomic mass is 32.2. The topological polar surface area (TPSA) is 85.1 Å². The average Bonchev–Trinajstić information content (AvgIpc) is 3.01. The Bertz CT molecular complexity index is 848. The largest absolute Gasteiger partial charge is 0.333 e. The zero-order chi connectivity index (χ0) is 18.2. The fraction of sp³-hybridized carbons (Fsp3) is 0.467. The molecular weight excluding hydrogens is 359 g/mol. The van der Waals surface area contributed by atoms with Crippen LogP contribution < -0.4 is 4.72 Å². The van der Waals surface area contributed by atoms with Crippen LogP contribution in [0.4, 0.5) is 13.2 Å². The fourth-order valence-corrected chi connectivity index (χ4v) is 4.23. The molecule has 1 aliphatic carbocycles. The number of sulfonamides is 1. The average molecular weight is 375 g/mol. The summed E-state index contributed by atoms with van der Waals surface area (Å²) >= 11 is 0. The van der Waals surface area contributed by atoms with E-state index >= 15 is 0 Å². The van der Waals surface area contributed by atoms with Crippen LogP contribution in [0.5, 0.6) is 0 Å². The normalized spacial score (nSPS) is 18.1. The molecule has 1 heterocycles. The van der Waals surface area contributed by atoms with E-state index < -0.39 is 38.9 Å². The van der Waals surface area contributed by atoms with Gasteiger partial charge in [-0.3, -0.25) is 0 Å². The second kappa shape index (κ2) is 6.41. The lowest BCUT2D eigenvalue weighted by Crippen LogP contribution is -2.52. The van der Waals surface area contributed by atoms with Crippen molar-refractivity contribution in [3.8, 4) is 0 Å². The van der Waals surface area contributed by atoms with Crippen molar-refractivity contribution in [3.05, 3.63) is 47.4 Å². The van der Waals surface area contributed by atoms with Gasteiger partial charge in [-0.2, -0.15) is 13.8 Å². The van der Waals surface area contributed by atoms with Crippen LogP contribution in [0.1, 0.15) is 55.1 Å². The molecule has 0 spiro atoms. The lowest BCUT2D eigenvalue weighted by atomic mass is 9.77. The standard InChI is InChI=1S/C15H16F3N3O3S/c1-9(10-3-5-11(16)6-4-10)25(22,23)21-15(7-2-8-15)14-19-13(12(17)18)24-20-14/h3-6,9,12,21H,2,7-8H2,1H3. The summed E-state index contributed by atoms with van der Waals surface area (Å²) < 4.78 is 70.7. The summed E-state index contributed by atoms with van der Waals surface area (Å²) in [6, 6.07) is 5.12. The maximum Gasteiger partial charge on any atom is 0.315 e. The van der Waals surface area contributed by atoms with Crippen molar-refractivity contribution in [2.45, 2.75) is 43.4 Å². The summed E-state index contributed by atoms with van der Waals surface area (Å²) in [5.74, 6) is -1.40.